The van der Waals surface area contributed by atoms with Crippen molar-refractivity contribution in [2.24, 2.45) is 0 Å². The van der Waals surface area contributed by atoms with Crippen LogP contribution in [0.2, 0.25) is 0 Å². The molecule has 5 heteroatoms. The summed E-state index contributed by atoms with van der Waals surface area (Å²) in [5.74, 6) is 0. The quantitative estimate of drug-likeness (QED) is 0.711. The molecule has 0 aliphatic carbocycles. The lowest BCUT2D eigenvalue weighted by Crippen LogP contribution is -2.38. The Morgan fingerprint density at radius 1 is 1.27 bits per heavy atom. The summed E-state index contributed by atoms with van der Waals surface area (Å²) in [6.07, 6.45) is 0.158. The first kappa shape index (κ1) is 9.08. The van der Waals surface area contributed by atoms with E-state index in [1.165, 1.54) is 4.70 Å². The summed E-state index contributed by atoms with van der Waals surface area (Å²) in [6, 6.07) is 8.18. The lowest BCUT2D eigenvalue weighted by atomic mass is 10.3. The van der Waals surface area contributed by atoms with Gasteiger partial charge < -0.3 is 5.32 Å². The molecule has 0 saturated carbocycles. The molecule has 0 amide bonds. The molecule has 4 nitrogen and oxygen atoms in total. The van der Waals surface area contributed by atoms with Crippen molar-refractivity contribution in [3.05, 3.63) is 24.3 Å². The Labute approximate surface area is 91.7 Å². The van der Waals surface area contributed by atoms with E-state index >= 15 is 0 Å². The number of hydrogen-bond acceptors (Lipinski definition) is 5. The van der Waals surface area contributed by atoms with Gasteiger partial charge in [0.15, 0.2) is 5.13 Å². The second-order valence-corrected chi connectivity index (χ2v) is 4.50. The first-order valence-corrected chi connectivity index (χ1v) is 5.82. The molecular weight excluding hydrogens is 208 g/mol. The van der Waals surface area contributed by atoms with Gasteiger partial charge in [0.05, 0.1) is 10.2 Å². The monoisotopic (exact) mass is 220 g/mol. The number of fused-ring (bicyclic) bond motifs is 1. The second-order valence-electron chi connectivity index (χ2n) is 3.47. The van der Waals surface area contributed by atoms with E-state index < -0.39 is 0 Å². The SMILES string of the molecule is c1ccc2sc(NC3NCCN3)nc2c1. The van der Waals surface area contributed by atoms with Crippen LogP contribution in [-0.4, -0.2) is 24.4 Å². The molecule has 1 aliphatic heterocycles. The zero-order valence-electron chi connectivity index (χ0n) is 8.16. The highest BCUT2D eigenvalue weighted by molar-refractivity contribution is 7.22. The van der Waals surface area contributed by atoms with Crippen LogP contribution in [0, 0.1) is 0 Å². The number of hydrogen-bond donors (Lipinski definition) is 3. The number of rotatable bonds is 2. The Balaban J connectivity index is 1.84. The number of benzene rings is 1. The number of thiazole rings is 1. The maximum atomic E-state index is 4.50. The van der Waals surface area contributed by atoms with Gasteiger partial charge in [-0.1, -0.05) is 23.5 Å². The third-order valence-corrected chi connectivity index (χ3v) is 3.35. The summed E-state index contributed by atoms with van der Waals surface area (Å²) in [5.41, 5.74) is 1.06. The second kappa shape index (κ2) is 3.77. The largest absolute Gasteiger partial charge is 0.334 e. The molecule has 2 heterocycles. The van der Waals surface area contributed by atoms with Crippen LogP contribution in [-0.2, 0) is 0 Å². The van der Waals surface area contributed by atoms with Gasteiger partial charge in [0, 0.05) is 13.1 Å². The third kappa shape index (κ3) is 1.81. The Kier molecular flexibility index (Phi) is 2.28. The summed E-state index contributed by atoms with van der Waals surface area (Å²) >= 11 is 1.68. The van der Waals surface area contributed by atoms with E-state index in [-0.39, 0.29) is 6.29 Å². The highest BCUT2D eigenvalue weighted by Gasteiger charge is 2.13. The fraction of sp³-hybridized carbons (Fsp3) is 0.300. The molecule has 1 aliphatic rings. The van der Waals surface area contributed by atoms with E-state index in [2.05, 4.69) is 27.0 Å². The molecule has 2 aromatic rings. The normalized spacial score (nSPS) is 17.3. The minimum Gasteiger partial charge on any atom is -0.334 e. The van der Waals surface area contributed by atoms with Crippen molar-refractivity contribution in [3.63, 3.8) is 0 Å². The molecule has 1 fully saturated rings. The summed E-state index contributed by atoms with van der Waals surface area (Å²) in [4.78, 5) is 4.50. The zero-order chi connectivity index (χ0) is 10.1. The molecule has 0 bridgehead atoms. The van der Waals surface area contributed by atoms with Gasteiger partial charge in [0.25, 0.3) is 0 Å². The minimum absolute atomic E-state index is 0.158. The van der Waals surface area contributed by atoms with Crippen LogP contribution in [0.3, 0.4) is 0 Å². The Hall–Kier alpha value is -1.17. The fourth-order valence-corrected chi connectivity index (χ4v) is 2.56. The van der Waals surface area contributed by atoms with Gasteiger partial charge in [-0.15, -0.1) is 0 Å². The van der Waals surface area contributed by atoms with Crippen molar-refractivity contribution in [2.45, 2.75) is 6.29 Å². The number of para-hydroxylation sites is 1. The van der Waals surface area contributed by atoms with E-state index in [1.807, 2.05) is 18.2 Å². The lowest BCUT2D eigenvalue weighted by molar-refractivity contribution is 0.620. The van der Waals surface area contributed by atoms with Gasteiger partial charge in [0.2, 0.25) is 0 Å². The lowest BCUT2D eigenvalue weighted by Gasteiger charge is -2.10. The molecule has 1 saturated heterocycles. The van der Waals surface area contributed by atoms with Gasteiger partial charge in [-0.2, -0.15) is 0 Å². The van der Waals surface area contributed by atoms with Gasteiger partial charge in [0.1, 0.15) is 6.29 Å². The molecule has 0 atom stereocenters. The van der Waals surface area contributed by atoms with Crippen molar-refractivity contribution >= 4 is 26.7 Å². The molecule has 1 aromatic heterocycles. The molecule has 78 valence electrons. The fourth-order valence-electron chi connectivity index (χ4n) is 1.66. The number of nitrogens with zero attached hydrogens (tertiary/aromatic N) is 1. The highest BCUT2D eigenvalue weighted by Crippen LogP contribution is 2.25. The third-order valence-electron chi connectivity index (χ3n) is 2.38. The molecule has 0 spiro atoms. The minimum atomic E-state index is 0.158. The number of anilines is 1. The van der Waals surface area contributed by atoms with Crippen LogP contribution in [0.25, 0.3) is 10.2 Å². The standard InChI is InChI=1S/C10H12N4S/c1-2-4-8-7(3-1)13-10(15-8)14-9-11-5-6-12-9/h1-4,9,11-12H,5-6H2,(H,13,14). The predicted molar refractivity (Wildman–Crippen MR) is 63.0 cm³/mol. The topological polar surface area (TPSA) is 49.0 Å². The maximum Gasteiger partial charge on any atom is 0.186 e. The van der Waals surface area contributed by atoms with Crippen LogP contribution in [0.15, 0.2) is 24.3 Å². The summed E-state index contributed by atoms with van der Waals surface area (Å²) in [7, 11) is 0. The van der Waals surface area contributed by atoms with E-state index in [1.54, 1.807) is 11.3 Å². The van der Waals surface area contributed by atoms with Crippen LogP contribution in [0.5, 0.6) is 0 Å². The van der Waals surface area contributed by atoms with Gasteiger partial charge in [-0.3, -0.25) is 10.6 Å². The zero-order valence-corrected chi connectivity index (χ0v) is 8.97. The van der Waals surface area contributed by atoms with E-state index in [4.69, 9.17) is 0 Å². The van der Waals surface area contributed by atoms with Crippen LogP contribution < -0.4 is 16.0 Å². The highest BCUT2D eigenvalue weighted by atomic mass is 32.1. The van der Waals surface area contributed by atoms with E-state index in [0.29, 0.717) is 0 Å². The number of nitrogens with one attached hydrogen (secondary N) is 3. The van der Waals surface area contributed by atoms with Crippen LogP contribution >= 0.6 is 11.3 Å². The first-order chi connectivity index (χ1) is 7.42. The smallest absolute Gasteiger partial charge is 0.186 e. The molecule has 3 N–H and O–H groups in total. The molecule has 0 radical (unpaired) electrons. The Morgan fingerprint density at radius 2 is 2.07 bits per heavy atom. The average molecular weight is 220 g/mol. The average Bonchev–Trinajstić information content (AvgIpc) is 2.86. The van der Waals surface area contributed by atoms with Crippen LogP contribution in [0.4, 0.5) is 5.13 Å². The first-order valence-electron chi connectivity index (χ1n) is 5.01. The Morgan fingerprint density at radius 3 is 2.87 bits per heavy atom. The summed E-state index contributed by atoms with van der Waals surface area (Å²) < 4.78 is 1.22. The van der Waals surface area contributed by atoms with Gasteiger partial charge >= 0.3 is 0 Å². The molecular formula is C10H12N4S. The van der Waals surface area contributed by atoms with Gasteiger partial charge in [-0.05, 0) is 12.1 Å². The molecule has 3 rings (SSSR count). The van der Waals surface area contributed by atoms with E-state index in [0.717, 1.165) is 23.7 Å². The van der Waals surface area contributed by atoms with E-state index in [9.17, 15) is 0 Å². The van der Waals surface area contributed by atoms with Crippen molar-refractivity contribution < 1.29 is 0 Å². The summed E-state index contributed by atoms with van der Waals surface area (Å²) in [6.45, 7) is 2.01. The van der Waals surface area contributed by atoms with Crippen molar-refractivity contribution in [1.82, 2.24) is 15.6 Å². The predicted octanol–water partition coefficient (Wildman–Crippen LogP) is 1.18. The van der Waals surface area contributed by atoms with Crippen molar-refractivity contribution in [2.75, 3.05) is 18.4 Å². The maximum absolute atomic E-state index is 4.50. The molecule has 0 unspecified atom stereocenters. The Bertz CT molecular complexity index is 428. The van der Waals surface area contributed by atoms with Crippen molar-refractivity contribution in [3.8, 4) is 0 Å². The molecule has 1 aromatic carbocycles. The summed E-state index contributed by atoms with van der Waals surface area (Å²) in [5, 5.41) is 10.9. The molecule has 15 heavy (non-hydrogen) atoms. The van der Waals surface area contributed by atoms with Crippen molar-refractivity contribution in [1.29, 1.82) is 0 Å². The number of aromatic nitrogens is 1. The van der Waals surface area contributed by atoms with Crippen LogP contribution in [0.1, 0.15) is 0 Å². The van der Waals surface area contributed by atoms with Gasteiger partial charge in [-0.25, -0.2) is 4.98 Å².